The van der Waals surface area contributed by atoms with Crippen LogP contribution in [0, 0.1) is 6.92 Å². The summed E-state index contributed by atoms with van der Waals surface area (Å²) in [6.07, 6.45) is 1.06. The molecule has 0 bridgehead atoms. The van der Waals surface area contributed by atoms with E-state index in [4.69, 9.17) is 10.5 Å². The van der Waals surface area contributed by atoms with Gasteiger partial charge in [0.05, 0.1) is 18.0 Å². The van der Waals surface area contributed by atoms with Gasteiger partial charge in [-0.3, -0.25) is 4.79 Å². The Morgan fingerprint density at radius 1 is 1.19 bits per heavy atom. The Morgan fingerprint density at radius 3 is 2.76 bits per heavy atom. The second-order valence-electron chi connectivity index (χ2n) is 4.90. The van der Waals surface area contributed by atoms with Gasteiger partial charge in [-0.15, -0.1) is 0 Å². The molecule has 0 aliphatic rings. The van der Waals surface area contributed by atoms with Crippen LogP contribution in [0.2, 0.25) is 0 Å². The van der Waals surface area contributed by atoms with Gasteiger partial charge < -0.3 is 15.8 Å². The Kier molecular flexibility index (Phi) is 5.21. The minimum absolute atomic E-state index is 0.0549. The highest BCUT2D eigenvalue weighted by atomic mass is 16.5. The Hall–Kier alpha value is -2.49. The van der Waals surface area contributed by atoms with E-state index in [-0.39, 0.29) is 5.91 Å². The fraction of sp³-hybridized carbons (Fsp3) is 0.235. The first-order valence-electron chi connectivity index (χ1n) is 6.99. The topological polar surface area (TPSA) is 64.3 Å². The number of para-hydroxylation sites is 2. The van der Waals surface area contributed by atoms with Gasteiger partial charge in [0.25, 0.3) is 0 Å². The molecule has 1 amide bonds. The van der Waals surface area contributed by atoms with Crippen LogP contribution in [0.4, 0.5) is 11.4 Å². The van der Waals surface area contributed by atoms with E-state index in [9.17, 15) is 4.79 Å². The molecule has 0 aliphatic carbocycles. The van der Waals surface area contributed by atoms with E-state index >= 15 is 0 Å². The number of nitrogens with two attached hydrogens (primary N) is 1. The monoisotopic (exact) mass is 284 g/mol. The minimum Gasteiger partial charge on any atom is -0.494 e. The van der Waals surface area contributed by atoms with Gasteiger partial charge in [0.1, 0.15) is 5.75 Å². The second-order valence-corrected chi connectivity index (χ2v) is 4.90. The Bertz CT molecular complexity index is 611. The quantitative estimate of drug-likeness (QED) is 0.631. The van der Waals surface area contributed by atoms with E-state index in [2.05, 4.69) is 5.32 Å². The molecule has 0 saturated heterocycles. The third-order valence-electron chi connectivity index (χ3n) is 3.04. The van der Waals surface area contributed by atoms with Gasteiger partial charge in [-0.25, -0.2) is 0 Å². The molecule has 0 spiro atoms. The highest BCUT2D eigenvalue weighted by Crippen LogP contribution is 2.17. The van der Waals surface area contributed by atoms with Crippen molar-refractivity contribution in [3.8, 4) is 5.75 Å². The Balaban J connectivity index is 1.71. The number of anilines is 2. The predicted molar refractivity (Wildman–Crippen MR) is 85.4 cm³/mol. The minimum atomic E-state index is -0.0549. The lowest BCUT2D eigenvalue weighted by Gasteiger charge is -2.09. The molecule has 0 aromatic heterocycles. The standard InChI is InChI=1S/C17H20N2O2/c1-13-6-4-7-14(12-13)21-11-5-10-17(20)19-16-9-3-2-8-15(16)18/h2-4,6-9,12H,5,10-11,18H2,1H3,(H,19,20). The molecule has 0 fully saturated rings. The van der Waals surface area contributed by atoms with Crippen molar-refractivity contribution in [2.75, 3.05) is 17.7 Å². The average Bonchev–Trinajstić information content (AvgIpc) is 2.46. The summed E-state index contributed by atoms with van der Waals surface area (Å²) in [4.78, 5) is 11.8. The van der Waals surface area contributed by atoms with Gasteiger partial charge in [-0.2, -0.15) is 0 Å². The first-order valence-corrected chi connectivity index (χ1v) is 6.99. The van der Waals surface area contributed by atoms with Crippen molar-refractivity contribution in [1.82, 2.24) is 0 Å². The fourth-order valence-electron chi connectivity index (χ4n) is 1.95. The van der Waals surface area contributed by atoms with Gasteiger partial charge in [0.2, 0.25) is 5.91 Å². The highest BCUT2D eigenvalue weighted by molar-refractivity contribution is 5.93. The molecule has 3 N–H and O–H groups in total. The van der Waals surface area contributed by atoms with Crippen molar-refractivity contribution in [1.29, 1.82) is 0 Å². The summed E-state index contributed by atoms with van der Waals surface area (Å²) in [6.45, 7) is 2.53. The molecular formula is C17H20N2O2. The number of ether oxygens (including phenoxy) is 1. The third kappa shape index (κ3) is 4.84. The summed E-state index contributed by atoms with van der Waals surface area (Å²) in [5.41, 5.74) is 8.16. The number of nitrogens with one attached hydrogen (secondary N) is 1. The molecule has 2 rings (SSSR count). The van der Waals surface area contributed by atoms with Gasteiger partial charge in [0.15, 0.2) is 0 Å². The third-order valence-corrected chi connectivity index (χ3v) is 3.04. The number of benzene rings is 2. The molecule has 4 nitrogen and oxygen atoms in total. The molecule has 2 aromatic carbocycles. The summed E-state index contributed by atoms with van der Waals surface area (Å²) >= 11 is 0. The molecule has 0 radical (unpaired) electrons. The van der Waals surface area contributed by atoms with Crippen molar-refractivity contribution >= 4 is 17.3 Å². The first kappa shape index (κ1) is 14.9. The molecule has 2 aromatic rings. The second kappa shape index (κ2) is 7.33. The van der Waals surface area contributed by atoms with Crippen LogP contribution in [0.3, 0.4) is 0 Å². The summed E-state index contributed by atoms with van der Waals surface area (Å²) in [5.74, 6) is 0.781. The van der Waals surface area contributed by atoms with E-state index in [0.717, 1.165) is 11.3 Å². The lowest BCUT2D eigenvalue weighted by molar-refractivity contribution is -0.116. The molecule has 0 atom stereocenters. The van der Waals surface area contributed by atoms with Crippen molar-refractivity contribution in [3.63, 3.8) is 0 Å². The number of aryl methyl sites for hydroxylation is 1. The number of hydrogen-bond donors (Lipinski definition) is 2. The van der Waals surface area contributed by atoms with Crippen molar-refractivity contribution in [2.24, 2.45) is 0 Å². The molecule has 110 valence electrons. The van der Waals surface area contributed by atoms with Crippen molar-refractivity contribution in [3.05, 3.63) is 54.1 Å². The molecular weight excluding hydrogens is 264 g/mol. The summed E-state index contributed by atoms with van der Waals surface area (Å²) in [7, 11) is 0. The predicted octanol–water partition coefficient (Wildman–Crippen LogP) is 3.37. The molecule has 0 saturated carbocycles. The largest absolute Gasteiger partial charge is 0.494 e. The number of rotatable bonds is 6. The number of nitrogen functional groups attached to an aromatic ring is 1. The SMILES string of the molecule is Cc1cccc(OCCCC(=O)Nc2ccccc2N)c1. The van der Waals surface area contributed by atoms with Crippen LogP contribution in [0.5, 0.6) is 5.75 Å². The zero-order chi connectivity index (χ0) is 15.1. The van der Waals surface area contributed by atoms with E-state index in [0.29, 0.717) is 30.8 Å². The normalized spacial score (nSPS) is 10.1. The van der Waals surface area contributed by atoms with Crippen LogP contribution >= 0.6 is 0 Å². The number of carbonyl (C=O) groups excluding carboxylic acids is 1. The molecule has 0 unspecified atom stereocenters. The fourth-order valence-corrected chi connectivity index (χ4v) is 1.95. The lowest BCUT2D eigenvalue weighted by atomic mass is 10.2. The van der Waals surface area contributed by atoms with E-state index in [1.807, 2.05) is 43.3 Å². The van der Waals surface area contributed by atoms with Crippen LogP contribution in [-0.2, 0) is 4.79 Å². The molecule has 0 aliphatic heterocycles. The van der Waals surface area contributed by atoms with E-state index < -0.39 is 0 Å². The molecule has 21 heavy (non-hydrogen) atoms. The van der Waals surface area contributed by atoms with Crippen molar-refractivity contribution in [2.45, 2.75) is 19.8 Å². The van der Waals surface area contributed by atoms with Gasteiger partial charge >= 0.3 is 0 Å². The lowest BCUT2D eigenvalue weighted by Crippen LogP contribution is -2.13. The Morgan fingerprint density at radius 2 is 2.00 bits per heavy atom. The van der Waals surface area contributed by atoms with Crippen LogP contribution in [0.25, 0.3) is 0 Å². The zero-order valence-electron chi connectivity index (χ0n) is 12.1. The van der Waals surface area contributed by atoms with Crippen LogP contribution < -0.4 is 15.8 Å². The summed E-state index contributed by atoms with van der Waals surface area (Å²) in [5, 5.41) is 2.80. The maximum atomic E-state index is 11.8. The highest BCUT2D eigenvalue weighted by Gasteiger charge is 2.04. The van der Waals surface area contributed by atoms with E-state index in [1.165, 1.54) is 0 Å². The Labute approximate surface area is 124 Å². The van der Waals surface area contributed by atoms with Gasteiger partial charge in [-0.05, 0) is 43.2 Å². The van der Waals surface area contributed by atoms with Gasteiger partial charge in [-0.1, -0.05) is 24.3 Å². The zero-order valence-corrected chi connectivity index (χ0v) is 12.1. The number of amides is 1. The molecule has 0 heterocycles. The van der Waals surface area contributed by atoms with Crippen LogP contribution in [0.1, 0.15) is 18.4 Å². The average molecular weight is 284 g/mol. The maximum Gasteiger partial charge on any atom is 0.224 e. The number of hydrogen-bond acceptors (Lipinski definition) is 3. The van der Waals surface area contributed by atoms with Crippen LogP contribution in [0.15, 0.2) is 48.5 Å². The number of carbonyl (C=O) groups is 1. The first-order chi connectivity index (χ1) is 10.1. The van der Waals surface area contributed by atoms with E-state index in [1.54, 1.807) is 12.1 Å². The van der Waals surface area contributed by atoms with Crippen LogP contribution in [-0.4, -0.2) is 12.5 Å². The summed E-state index contributed by atoms with van der Waals surface area (Å²) < 4.78 is 5.61. The van der Waals surface area contributed by atoms with Crippen molar-refractivity contribution < 1.29 is 9.53 Å². The molecule has 4 heteroatoms. The van der Waals surface area contributed by atoms with Gasteiger partial charge in [0, 0.05) is 6.42 Å². The smallest absolute Gasteiger partial charge is 0.224 e. The summed E-state index contributed by atoms with van der Waals surface area (Å²) in [6, 6.07) is 15.1. The maximum absolute atomic E-state index is 11.8.